The van der Waals surface area contributed by atoms with Gasteiger partial charge in [0.2, 0.25) is 0 Å². The van der Waals surface area contributed by atoms with Gasteiger partial charge in [0.25, 0.3) is 0 Å². The summed E-state index contributed by atoms with van der Waals surface area (Å²) in [5, 5.41) is 6.69. The van der Waals surface area contributed by atoms with Gasteiger partial charge in [0.05, 0.1) is 6.61 Å². The van der Waals surface area contributed by atoms with Crippen molar-refractivity contribution in [3.05, 3.63) is 30.3 Å². The summed E-state index contributed by atoms with van der Waals surface area (Å²) in [5.41, 5.74) is 0. The van der Waals surface area contributed by atoms with Gasteiger partial charge in [-0.15, -0.1) is 24.0 Å². The number of nitrogens with zero attached hydrogens (tertiary/aromatic N) is 2. The Morgan fingerprint density at radius 2 is 1.81 bits per heavy atom. The molecule has 1 aromatic rings. The third-order valence-electron chi connectivity index (χ3n) is 3.85. The second-order valence-corrected chi connectivity index (χ2v) is 6.21. The Bertz CT molecular complexity index is 474. The molecule has 1 aromatic carbocycles. The van der Waals surface area contributed by atoms with Gasteiger partial charge in [0.1, 0.15) is 5.75 Å². The molecule has 0 radical (unpaired) electrons. The van der Waals surface area contributed by atoms with Gasteiger partial charge in [-0.1, -0.05) is 18.2 Å². The zero-order valence-corrected chi connectivity index (χ0v) is 19.4. The molecular weight excluding hydrogens is 455 g/mol. The van der Waals surface area contributed by atoms with Crippen molar-refractivity contribution in [3.63, 3.8) is 0 Å². The molecule has 7 heteroatoms. The van der Waals surface area contributed by atoms with E-state index < -0.39 is 0 Å². The lowest BCUT2D eigenvalue weighted by Crippen LogP contribution is -2.41. The van der Waals surface area contributed by atoms with Gasteiger partial charge in [-0.3, -0.25) is 4.99 Å². The van der Waals surface area contributed by atoms with Crippen LogP contribution in [0.25, 0.3) is 0 Å². The second kappa shape index (κ2) is 18.3. The number of aliphatic imine (C=N–C) groups is 1. The number of benzene rings is 1. The van der Waals surface area contributed by atoms with Crippen molar-refractivity contribution in [1.82, 2.24) is 15.5 Å². The molecule has 0 aliphatic carbocycles. The maximum atomic E-state index is 5.70. The minimum atomic E-state index is 0. The zero-order valence-electron chi connectivity index (χ0n) is 17.1. The molecule has 0 saturated heterocycles. The lowest BCUT2D eigenvalue weighted by Gasteiger charge is -2.18. The predicted molar refractivity (Wildman–Crippen MR) is 125 cm³/mol. The van der Waals surface area contributed by atoms with Crippen LogP contribution >= 0.6 is 24.0 Å². The molecule has 0 heterocycles. The molecule has 27 heavy (non-hydrogen) atoms. The van der Waals surface area contributed by atoms with Crippen LogP contribution in [0.4, 0.5) is 0 Å². The van der Waals surface area contributed by atoms with Crippen LogP contribution in [0.3, 0.4) is 0 Å². The van der Waals surface area contributed by atoms with E-state index in [1.807, 2.05) is 30.3 Å². The van der Waals surface area contributed by atoms with Crippen LogP contribution in [0.2, 0.25) is 0 Å². The summed E-state index contributed by atoms with van der Waals surface area (Å²) in [4.78, 5) is 6.93. The Hall–Kier alpha value is -1.06. The van der Waals surface area contributed by atoms with Crippen molar-refractivity contribution in [2.45, 2.75) is 26.2 Å². The van der Waals surface area contributed by atoms with Gasteiger partial charge in [-0.05, 0) is 45.4 Å². The molecule has 0 bridgehead atoms. The van der Waals surface area contributed by atoms with E-state index in [0.717, 1.165) is 76.9 Å². The highest BCUT2D eigenvalue weighted by atomic mass is 127. The van der Waals surface area contributed by atoms with E-state index in [0.29, 0.717) is 0 Å². The van der Waals surface area contributed by atoms with Gasteiger partial charge in [0, 0.05) is 46.4 Å². The first kappa shape index (κ1) is 25.9. The Balaban J connectivity index is 0.00000676. The fourth-order valence-corrected chi connectivity index (χ4v) is 2.41. The highest BCUT2D eigenvalue weighted by Crippen LogP contribution is 2.08. The predicted octanol–water partition coefficient (Wildman–Crippen LogP) is 2.99. The van der Waals surface area contributed by atoms with E-state index in [2.05, 4.69) is 34.5 Å². The number of para-hydroxylation sites is 1. The molecule has 156 valence electrons. The lowest BCUT2D eigenvalue weighted by atomic mass is 10.3. The Morgan fingerprint density at radius 1 is 1.04 bits per heavy atom. The maximum Gasteiger partial charge on any atom is 0.191 e. The number of rotatable bonds is 14. The molecule has 0 saturated carbocycles. The molecule has 0 aliphatic heterocycles. The summed E-state index contributed by atoms with van der Waals surface area (Å²) in [6.07, 6.45) is 3.08. The smallest absolute Gasteiger partial charge is 0.191 e. The van der Waals surface area contributed by atoms with E-state index in [4.69, 9.17) is 9.47 Å². The van der Waals surface area contributed by atoms with Crippen molar-refractivity contribution < 1.29 is 9.47 Å². The van der Waals surface area contributed by atoms with Crippen molar-refractivity contribution in [2.24, 2.45) is 4.99 Å². The molecule has 0 amide bonds. The van der Waals surface area contributed by atoms with Crippen LogP contribution < -0.4 is 15.4 Å². The van der Waals surface area contributed by atoms with Gasteiger partial charge >= 0.3 is 0 Å². The Labute approximate surface area is 182 Å². The zero-order chi connectivity index (χ0) is 18.9. The lowest BCUT2D eigenvalue weighted by molar-refractivity contribution is 0.180. The minimum Gasteiger partial charge on any atom is -0.494 e. The Kier molecular flexibility index (Phi) is 17.6. The van der Waals surface area contributed by atoms with Crippen molar-refractivity contribution >= 4 is 29.9 Å². The fourth-order valence-electron chi connectivity index (χ4n) is 2.41. The number of guanidine groups is 1. The number of ether oxygens (including phenoxy) is 2. The molecule has 6 nitrogen and oxygen atoms in total. The topological polar surface area (TPSA) is 58.1 Å². The molecule has 0 aliphatic rings. The van der Waals surface area contributed by atoms with Gasteiger partial charge in [-0.2, -0.15) is 0 Å². The van der Waals surface area contributed by atoms with Crippen LogP contribution in [0.1, 0.15) is 26.2 Å². The second-order valence-electron chi connectivity index (χ2n) is 6.21. The third-order valence-corrected chi connectivity index (χ3v) is 3.85. The molecule has 1 rings (SSSR count). The first-order chi connectivity index (χ1) is 12.8. The minimum absolute atomic E-state index is 0. The molecule has 0 spiro atoms. The van der Waals surface area contributed by atoms with Crippen LogP contribution in [0.5, 0.6) is 5.75 Å². The summed E-state index contributed by atoms with van der Waals surface area (Å²) in [6.45, 7) is 8.22. The molecule has 0 atom stereocenters. The largest absolute Gasteiger partial charge is 0.494 e. The van der Waals surface area contributed by atoms with Crippen LogP contribution in [0, 0.1) is 0 Å². The van der Waals surface area contributed by atoms with Crippen molar-refractivity contribution in [1.29, 1.82) is 0 Å². The average molecular weight is 492 g/mol. The quantitative estimate of drug-likeness (QED) is 0.181. The van der Waals surface area contributed by atoms with Crippen LogP contribution in [0.15, 0.2) is 35.3 Å². The highest BCUT2D eigenvalue weighted by molar-refractivity contribution is 14.0. The summed E-state index contributed by atoms with van der Waals surface area (Å²) in [7, 11) is 3.88. The number of nitrogens with one attached hydrogen (secondary N) is 2. The van der Waals surface area contributed by atoms with E-state index >= 15 is 0 Å². The number of methoxy groups -OCH3 is 1. The van der Waals surface area contributed by atoms with E-state index in [-0.39, 0.29) is 24.0 Å². The standard InChI is InChI=1S/C20H36N4O2.HI/c1-4-21-20(23-14-16-24(2)15-10-17-25-3)22-13-8-9-18-26-19-11-6-5-7-12-19;/h5-7,11-12H,4,8-10,13-18H2,1-3H3,(H2,21,22,23);1H. The molecule has 0 unspecified atom stereocenters. The van der Waals surface area contributed by atoms with Gasteiger partial charge in [0.15, 0.2) is 5.96 Å². The molecule has 0 aromatic heterocycles. The summed E-state index contributed by atoms with van der Waals surface area (Å²) in [6, 6.07) is 9.94. The third kappa shape index (κ3) is 14.6. The van der Waals surface area contributed by atoms with Crippen LogP contribution in [-0.4, -0.2) is 71.0 Å². The average Bonchev–Trinajstić information content (AvgIpc) is 2.65. The SMILES string of the molecule is CCNC(=NCCCCOc1ccccc1)NCCN(C)CCCOC.I. The Morgan fingerprint density at radius 3 is 2.52 bits per heavy atom. The first-order valence-corrected chi connectivity index (χ1v) is 9.63. The highest BCUT2D eigenvalue weighted by Gasteiger charge is 2.00. The normalized spacial score (nSPS) is 11.2. The van der Waals surface area contributed by atoms with Crippen molar-refractivity contribution in [3.8, 4) is 5.75 Å². The van der Waals surface area contributed by atoms with Crippen LogP contribution in [-0.2, 0) is 4.74 Å². The summed E-state index contributed by atoms with van der Waals surface area (Å²) in [5.74, 6) is 1.82. The number of unbranched alkanes of at least 4 members (excludes halogenated alkanes) is 1. The number of halogens is 1. The van der Waals surface area contributed by atoms with Gasteiger partial charge in [-0.25, -0.2) is 0 Å². The van der Waals surface area contributed by atoms with Gasteiger partial charge < -0.3 is 25.0 Å². The molecular formula is C20H37IN4O2. The monoisotopic (exact) mass is 492 g/mol. The number of hydrogen-bond acceptors (Lipinski definition) is 4. The van der Waals surface area contributed by atoms with E-state index in [9.17, 15) is 0 Å². The number of hydrogen-bond donors (Lipinski definition) is 2. The van der Waals surface area contributed by atoms with E-state index in [1.165, 1.54) is 0 Å². The fraction of sp³-hybridized carbons (Fsp3) is 0.650. The maximum absolute atomic E-state index is 5.70. The summed E-state index contributed by atoms with van der Waals surface area (Å²) < 4.78 is 10.8. The van der Waals surface area contributed by atoms with Crippen molar-refractivity contribution in [2.75, 3.05) is 60.1 Å². The molecule has 2 N–H and O–H groups in total. The summed E-state index contributed by atoms with van der Waals surface area (Å²) >= 11 is 0. The number of likely N-dealkylation sites (N-methyl/N-ethyl adjacent to an activating group) is 1. The molecule has 0 fully saturated rings. The first-order valence-electron chi connectivity index (χ1n) is 9.63. The van der Waals surface area contributed by atoms with E-state index in [1.54, 1.807) is 7.11 Å².